The summed E-state index contributed by atoms with van der Waals surface area (Å²) in [5.74, 6) is 1.94. The van der Waals surface area contributed by atoms with Crippen LogP contribution in [0.3, 0.4) is 0 Å². The third-order valence-corrected chi connectivity index (χ3v) is 4.07. The number of rotatable bonds is 2. The van der Waals surface area contributed by atoms with Gasteiger partial charge in [0.1, 0.15) is 5.78 Å². The van der Waals surface area contributed by atoms with E-state index in [0.29, 0.717) is 30.0 Å². The number of aromatic nitrogens is 1. The van der Waals surface area contributed by atoms with Crippen molar-refractivity contribution in [1.82, 2.24) is 4.98 Å². The molecule has 18 heavy (non-hydrogen) atoms. The standard InChI is InChI=1S/C16H23NO/c1-10(2)14-6-5-13(18)9-15(14)16-8-11(3)7-12(4)17-16/h7-8,10,14-15H,5-6,9H2,1-4H3. The summed E-state index contributed by atoms with van der Waals surface area (Å²) in [6.07, 6.45) is 2.46. The minimum absolute atomic E-state index is 0.324. The number of aryl methyl sites for hydroxylation is 2. The highest BCUT2D eigenvalue weighted by molar-refractivity contribution is 5.80. The fourth-order valence-corrected chi connectivity index (χ4v) is 3.21. The molecule has 0 aliphatic heterocycles. The molecule has 2 unspecified atom stereocenters. The van der Waals surface area contributed by atoms with Crippen molar-refractivity contribution in [3.63, 3.8) is 0 Å². The van der Waals surface area contributed by atoms with Gasteiger partial charge in [0.05, 0.1) is 0 Å². The summed E-state index contributed by atoms with van der Waals surface area (Å²) in [5.41, 5.74) is 3.43. The lowest BCUT2D eigenvalue weighted by Gasteiger charge is -2.33. The molecule has 0 aromatic carbocycles. The third-order valence-electron chi connectivity index (χ3n) is 4.07. The maximum Gasteiger partial charge on any atom is 0.133 e. The molecule has 0 saturated heterocycles. The van der Waals surface area contributed by atoms with Crippen LogP contribution in [0.25, 0.3) is 0 Å². The molecule has 0 N–H and O–H groups in total. The van der Waals surface area contributed by atoms with Gasteiger partial charge in [-0.25, -0.2) is 0 Å². The zero-order chi connectivity index (χ0) is 13.3. The summed E-state index contributed by atoms with van der Waals surface area (Å²) in [6, 6.07) is 4.25. The summed E-state index contributed by atoms with van der Waals surface area (Å²) in [7, 11) is 0. The normalized spacial score (nSPS) is 24.6. The first-order chi connectivity index (χ1) is 8.47. The summed E-state index contributed by atoms with van der Waals surface area (Å²) in [6.45, 7) is 8.66. The van der Waals surface area contributed by atoms with E-state index >= 15 is 0 Å². The molecular formula is C16H23NO. The molecule has 0 bridgehead atoms. The average Bonchev–Trinajstić information content (AvgIpc) is 2.27. The molecule has 0 radical (unpaired) electrons. The lowest BCUT2D eigenvalue weighted by atomic mass is 9.71. The molecule has 2 rings (SSSR count). The molecule has 2 heteroatoms. The molecule has 1 aliphatic rings. The topological polar surface area (TPSA) is 30.0 Å². The largest absolute Gasteiger partial charge is 0.300 e. The Morgan fingerprint density at radius 3 is 2.61 bits per heavy atom. The van der Waals surface area contributed by atoms with Crippen molar-refractivity contribution in [2.24, 2.45) is 11.8 Å². The van der Waals surface area contributed by atoms with Crippen LogP contribution in [0.2, 0.25) is 0 Å². The van der Waals surface area contributed by atoms with E-state index in [1.54, 1.807) is 0 Å². The number of carbonyl (C=O) groups excluding carboxylic acids is 1. The van der Waals surface area contributed by atoms with E-state index in [2.05, 4.69) is 37.9 Å². The second-order valence-electron chi connectivity index (χ2n) is 6.01. The minimum Gasteiger partial charge on any atom is -0.300 e. The van der Waals surface area contributed by atoms with Crippen LogP contribution in [0.1, 0.15) is 56.0 Å². The van der Waals surface area contributed by atoms with Gasteiger partial charge in [-0.2, -0.15) is 0 Å². The van der Waals surface area contributed by atoms with Crippen LogP contribution in [-0.2, 0) is 4.79 Å². The quantitative estimate of drug-likeness (QED) is 0.793. The van der Waals surface area contributed by atoms with E-state index < -0.39 is 0 Å². The van der Waals surface area contributed by atoms with Crippen LogP contribution in [0.5, 0.6) is 0 Å². The zero-order valence-electron chi connectivity index (χ0n) is 11.9. The predicted octanol–water partition coefficient (Wildman–Crippen LogP) is 3.81. The fourth-order valence-electron chi connectivity index (χ4n) is 3.21. The van der Waals surface area contributed by atoms with E-state index in [0.717, 1.165) is 24.2 Å². The van der Waals surface area contributed by atoms with E-state index in [1.807, 2.05) is 6.92 Å². The highest BCUT2D eigenvalue weighted by Gasteiger charge is 2.33. The van der Waals surface area contributed by atoms with Crippen LogP contribution >= 0.6 is 0 Å². The number of Topliss-reactive ketones (excluding diaryl/α,β-unsaturated/α-hetero) is 1. The molecular weight excluding hydrogens is 222 g/mol. The van der Waals surface area contributed by atoms with E-state index in [4.69, 9.17) is 0 Å². The summed E-state index contributed by atoms with van der Waals surface area (Å²) in [5, 5.41) is 0. The maximum atomic E-state index is 11.8. The molecule has 0 spiro atoms. The van der Waals surface area contributed by atoms with Crippen molar-refractivity contribution >= 4 is 5.78 Å². The molecule has 1 fully saturated rings. The van der Waals surface area contributed by atoms with Crippen LogP contribution in [-0.4, -0.2) is 10.8 Å². The fraction of sp³-hybridized carbons (Fsp3) is 0.625. The van der Waals surface area contributed by atoms with Crippen molar-refractivity contribution < 1.29 is 4.79 Å². The first-order valence-corrected chi connectivity index (χ1v) is 6.94. The molecule has 1 aromatic rings. The molecule has 98 valence electrons. The number of carbonyl (C=O) groups is 1. The van der Waals surface area contributed by atoms with Gasteiger partial charge in [-0.1, -0.05) is 13.8 Å². The first-order valence-electron chi connectivity index (χ1n) is 6.94. The molecule has 1 saturated carbocycles. The second-order valence-corrected chi connectivity index (χ2v) is 6.01. The second kappa shape index (κ2) is 5.21. The first kappa shape index (κ1) is 13.3. The number of hydrogen-bond donors (Lipinski definition) is 0. The highest BCUT2D eigenvalue weighted by Crippen LogP contribution is 2.39. The lowest BCUT2D eigenvalue weighted by Crippen LogP contribution is -2.27. The Balaban J connectivity index is 2.34. The minimum atomic E-state index is 0.324. The number of pyridine rings is 1. The Kier molecular flexibility index (Phi) is 3.84. The monoisotopic (exact) mass is 245 g/mol. The Labute approximate surface area is 110 Å². The molecule has 2 atom stereocenters. The zero-order valence-corrected chi connectivity index (χ0v) is 11.9. The van der Waals surface area contributed by atoms with Crippen molar-refractivity contribution in [2.45, 2.75) is 52.9 Å². The van der Waals surface area contributed by atoms with Gasteiger partial charge in [-0.3, -0.25) is 9.78 Å². The molecule has 0 amide bonds. The van der Waals surface area contributed by atoms with Crippen molar-refractivity contribution in [3.05, 3.63) is 29.1 Å². The van der Waals surface area contributed by atoms with Crippen LogP contribution < -0.4 is 0 Å². The lowest BCUT2D eigenvalue weighted by molar-refractivity contribution is -0.122. The Morgan fingerprint density at radius 1 is 1.28 bits per heavy atom. The highest BCUT2D eigenvalue weighted by atomic mass is 16.1. The van der Waals surface area contributed by atoms with Crippen LogP contribution in [0.4, 0.5) is 0 Å². The summed E-state index contributed by atoms with van der Waals surface area (Å²) in [4.78, 5) is 16.4. The summed E-state index contributed by atoms with van der Waals surface area (Å²) < 4.78 is 0. The number of nitrogens with zero attached hydrogens (tertiary/aromatic N) is 1. The SMILES string of the molecule is Cc1cc(C)nc(C2CC(=O)CCC2C(C)C)c1. The van der Waals surface area contributed by atoms with Gasteiger partial charge >= 0.3 is 0 Å². The summed E-state index contributed by atoms with van der Waals surface area (Å²) >= 11 is 0. The Hall–Kier alpha value is -1.18. The van der Waals surface area contributed by atoms with Crippen LogP contribution in [0, 0.1) is 25.7 Å². The van der Waals surface area contributed by atoms with Gasteiger partial charge in [0, 0.05) is 30.1 Å². The molecule has 1 aromatic heterocycles. The van der Waals surface area contributed by atoms with Gasteiger partial charge in [0.2, 0.25) is 0 Å². The maximum absolute atomic E-state index is 11.8. The van der Waals surface area contributed by atoms with Gasteiger partial charge < -0.3 is 0 Å². The Morgan fingerprint density at radius 2 is 2.00 bits per heavy atom. The van der Waals surface area contributed by atoms with Crippen molar-refractivity contribution in [2.75, 3.05) is 0 Å². The van der Waals surface area contributed by atoms with E-state index in [9.17, 15) is 4.79 Å². The number of hydrogen-bond acceptors (Lipinski definition) is 2. The van der Waals surface area contributed by atoms with Crippen LogP contribution in [0.15, 0.2) is 12.1 Å². The van der Waals surface area contributed by atoms with Gasteiger partial charge in [0.15, 0.2) is 0 Å². The smallest absolute Gasteiger partial charge is 0.133 e. The third kappa shape index (κ3) is 2.80. The Bertz CT molecular complexity index is 430. The average molecular weight is 245 g/mol. The molecule has 2 nitrogen and oxygen atoms in total. The van der Waals surface area contributed by atoms with Gasteiger partial charge in [0.25, 0.3) is 0 Å². The van der Waals surface area contributed by atoms with E-state index in [1.165, 1.54) is 5.56 Å². The van der Waals surface area contributed by atoms with E-state index in [-0.39, 0.29) is 0 Å². The predicted molar refractivity (Wildman–Crippen MR) is 73.6 cm³/mol. The molecule has 1 aliphatic carbocycles. The van der Waals surface area contributed by atoms with Crippen molar-refractivity contribution in [3.8, 4) is 0 Å². The van der Waals surface area contributed by atoms with Gasteiger partial charge in [-0.05, 0) is 49.8 Å². The van der Waals surface area contributed by atoms with Crippen molar-refractivity contribution in [1.29, 1.82) is 0 Å². The number of ketones is 1. The van der Waals surface area contributed by atoms with Gasteiger partial charge in [-0.15, -0.1) is 0 Å². The molecule has 1 heterocycles.